The minimum absolute atomic E-state index is 0.125. The Hall–Kier alpha value is -1.08. The average Bonchev–Trinajstić information content (AvgIpc) is 3.11. The van der Waals surface area contributed by atoms with Crippen molar-refractivity contribution in [3.63, 3.8) is 0 Å². The van der Waals surface area contributed by atoms with Gasteiger partial charge in [-0.3, -0.25) is 0 Å². The van der Waals surface area contributed by atoms with Gasteiger partial charge in [-0.05, 0) is 69.7 Å². The molecule has 0 saturated heterocycles. The first-order valence-electron chi connectivity index (χ1n) is 9.88. The van der Waals surface area contributed by atoms with E-state index < -0.39 is 6.10 Å². The predicted molar refractivity (Wildman–Crippen MR) is 104 cm³/mol. The Morgan fingerprint density at radius 2 is 2.12 bits per heavy atom. The summed E-state index contributed by atoms with van der Waals surface area (Å²) < 4.78 is 0. The molecule has 4 N–H and O–H groups in total. The monoisotopic (exact) mass is 345 g/mol. The van der Waals surface area contributed by atoms with Crippen LogP contribution in [0.2, 0.25) is 0 Å². The zero-order chi connectivity index (χ0) is 18.2. The van der Waals surface area contributed by atoms with Gasteiger partial charge in [0.2, 0.25) is 0 Å². The first-order valence-corrected chi connectivity index (χ1v) is 9.88. The molecule has 140 valence electrons. The number of fused-ring (bicyclic) bond motifs is 1. The van der Waals surface area contributed by atoms with Crippen LogP contribution in [0.1, 0.15) is 58.8 Å². The molecule has 2 rings (SSSR count). The number of hydrogen-bond donors (Lipinski definition) is 3. The Morgan fingerprint density at radius 1 is 1.32 bits per heavy atom. The third kappa shape index (κ3) is 5.71. The van der Waals surface area contributed by atoms with Gasteiger partial charge in [0, 0.05) is 12.3 Å². The number of allylic oxidation sites excluding steroid dienone is 2. The van der Waals surface area contributed by atoms with Crippen molar-refractivity contribution in [1.29, 1.82) is 0 Å². The second kappa shape index (κ2) is 10.2. The van der Waals surface area contributed by atoms with Gasteiger partial charge >= 0.3 is 0 Å². The minimum Gasteiger partial charge on any atom is -0.392 e. The summed E-state index contributed by atoms with van der Waals surface area (Å²) in [4.78, 5) is 0. The standard InChI is InChI=1S/C22H35NO2/c1-3-4-8-16(2)21(24)11-10-19-20-14-17(9-6-5-7-12-23)13-18(20)15-22(19)25/h9-11,16,18-22,24-25H,5-8,12-15,23H2,1-2H3/t16-,18-,19+,20-,21+,22+/m0/s1. The van der Waals surface area contributed by atoms with Gasteiger partial charge in [0.1, 0.15) is 0 Å². The molecule has 25 heavy (non-hydrogen) atoms. The molecule has 2 aliphatic carbocycles. The van der Waals surface area contributed by atoms with Gasteiger partial charge in [-0.15, -0.1) is 11.8 Å². The number of rotatable bonds is 8. The molecule has 0 bridgehead atoms. The summed E-state index contributed by atoms with van der Waals surface area (Å²) in [6.45, 7) is 4.62. The van der Waals surface area contributed by atoms with E-state index in [0.717, 1.165) is 38.6 Å². The van der Waals surface area contributed by atoms with Crippen LogP contribution in [0.3, 0.4) is 0 Å². The fourth-order valence-electron chi connectivity index (χ4n) is 4.35. The number of aliphatic hydroxyl groups excluding tert-OH is 2. The quantitative estimate of drug-likeness (QED) is 0.359. The molecule has 3 nitrogen and oxygen atoms in total. The summed E-state index contributed by atoms with van der Waals surface area (Å²) in [7, 11) is 0. The Bertz CT molecular complexity index is 528. The van der Waals surface area contributed by atoms with Gasteiger partial charge in [-0.25, -0.2) is 0 Å². The van der Waals surface area contributed by atoms with E-state index in [1.807, 2.05) is 19.9 Å². The van der Waals surface area contributed by atoms with Crippen molar-refractivity contribution in [3.05, 3.63) is 23.8 Å². The highest BCUT2D eigenvalue weighted by Gasteiger charge is 2.44. The molecule has 0 aromatic rings. The van der Waals surface area contributed by atoms with Crippen LogP contribution in [0.15, 0.2) is 23.8 Å². The third-order valence-electron chi connectivity index (χ3n) is 5.92. The molecule has 0 aliphatic heterocycles. The first kappa shape index (κ1) is 20.2. The van der Waals surface area contributed by atoms with Gasteiger partial charge in [-0.1, -0.05) is 30.7 Å². The molecular formula is C22H35NO2. The van der Waals surface area contributed by atoms with Crippen LogP contribution in [0.4, 0.5) is 0 Å². The van der Waals surface area contributed by atoms with Crippen molar-refractivity contribution in [2.45, 2.75) is 71.0 Å². The lowest BCUT2D eigenvalue weighted by atomic mass is 9.89. The van der Waals surface area contributed by atoms with E-state index in [0.29, 0.717) is 18.3 Å². The summed E-state index contributed by atoms with van der Waals surface area (Å²) in [6.07, 6.45) is 12.9. The first-order chi connectivity index (χ1) is 12.1. The predicted octanol–water partition coefficient (Wildman–Crippen LogP) is 3.42. The summed E-state index contributed by atoms with van der Waals surface area (Å²) in [5, 5.41) is 20.7. The van der Waals surface area contributed by atoms with Crippen molar-refractivity contribution >= 4 is 0 Å². The maximum absolute atomic E-state index is 10.4. The molecule has 0 unspecified atom stereocenters. The molecule has 0 heterocycles. The van der Waals surface area contributed by atoms with Crippen molar-refractivity contribution in [1.82, 2.24) is 0 Å². The summed E-state index contributed by atoms with van der Waals surface area (Å²) in [5.41, 5.74) is 7.11. The highest BCUT2D eigenvalue weighted by atomic mass is 16.3. The molecule has 2 aliphatic rings. The molecule has 0 aromatic heterocycles. The fraction of sp³-hybridized carbons (Fsp3) is 0.727. The van der Waals surface area contributed by atoms with E-state index in [1.54, 1.807) is 5.57 Å². The van der Waals surface area contributed by atoms with Crippen LogP contribution in [-0.2, 0) is 0 Å². The molecule has 0 aromatic carbocycles. The van der Waals surface area contributed by atoms with Gasteiger partial charge < -0.3 is 15.9 Å². The Morgan fingerprint density at radius 3 is 2.84 bits per heavy atom. The lowest BCUT2D eigenvalue weighted by Gasteiger charge is -2.19. The van der Waals surface area contributed by atoms with E-state index >= 15 is 0 Å². The summed E-state index contributed by atoms with van der Waals surface area (Å²) in [5.74, 6) is 7.35. The Balaban J connectivity index is 1.90. The second-order valence-corrected chi connectivity index (χ2v) is 7.84. The molecule has 0 amide bonds. The lowest BCUT2D eigenvalue weighted by Crippen LogP contribution is -2.19. The molecule has 0 radical (unpaired) electrons. The highest BCUT2D eigenvalue weighted by molar-refractivity contribution is 5.18. The number of aliphatic hydroxyl groups is 2. The van der Waals surface area contributed by atoms with E-state index in [2.05, 4.69) is 24.0 Å². The Kier molecular flexibility index (Phi) is 8.22. The van der Waals surface area contributed by atoms with Gasteiger partial charge in [0.25, 0.3) is 0 Å². The van der Waals surface area contributed by atoms with Crippen molar-refractivity contribution in [3.8, 4) is 11.8 Å². The molecule has 3 heteroatoms. The van der Waals surface area contributed by atoms with Gasteiger partial charge in [0.05, 0.1) is 12.2 Å². The second-order valence-electron chi connectivity index (χ2n) is 7.84. The molecule has 6 atom stereocenters. The summed E-state index contributed by atoms with van der Waals surface area (Å²) >= 11 is 0. The maximum atomic E-state index is 10.4. The van der Waals surface area contributed by atoms with Crippen LogP contribution in [0, 0.1) is 35.5 Å². The number of nitrogens with two attached hydrogens (primary N) is 1. The topological polar surface area (TPSA) is 66.5 Å². The van der Waals surface area contributed by atoms with E-state index in [9.17, 15) is 10.2 Å². The fourth-order valence-corrected chi connectivity index (χ4v) is 4.35. The maximum Gasteiger partial charge on any atom is 0.0755 e. The van der Waals surface area contributed by atoms with Crippen molar-refractivity contribution in [2.24, 2.45) is 29.4 Å². The summed E-state index contributed by atoms with van der Waals surface area (Å²) in [6, 6.07) is 0. The van der Waals surface area contributed by atoms with E-state index in [-0.39, 0.29) is 17.9 Å². The molecule has 2 fully saturated rings. The lowest BCUT2D eigenvalue weighted by molar-refractivity contribution is 0.137. The number of unbranched alkanes of at least 4 members (excludes halogenated alkanes) is 2. The average molecular weight is 346 g/mol. The SMILES string of the molecule is CC#CC[C@H](C)[C@H](O)C=C[C@@H]1[C@H]2CC(=CCCCCN)C[C@H]2C[C@H]1O. The highest BCUT2D eigenvalue weighted by Crippen LogP contribution is 2.50. The smallest absolute Gasteiger partial charge is 0.0755 e. The minimum atomic E-state index is -0.486. The van der Waals surface area contributed by atoms with E-state index in [4.69, 9.17) is 5.73 Å². The van der Waals surface area contributed by atoms with Crippen LogP contribution < -0.4 is 5.73 Å². The Labute approximate surface area is 153 Å². The van der Waals surface area contributed by atoms with Crippen LogP contribution in [0.25, 0.3) is 0 Å². The van der Waals surface area contributed by atoms with E-state index in [1.165, 1.54) is 6.42 Å². The van der Waals surface area contributed by atoms with Gasteiger partial charge in [0.15, 0.2) is 0 Å². The van der Waals surface area contributed by atoms with Gasteiger partial charge in [-0.2, -0.15) is 0 Å². The van der Waals surface area contributed by atoms with Crippen LogP contribution in [-0.4, -0.2) is 29.0 Å². The van der Waals surface area contributed by atoms with Crippen molar-refractivity contribution < 1.29 is 10.2 Å². The largest absolute Gasteiger partial charge is 0.392 e. The van der Waals surface area contributed by atoms with Crippen LogP contribution in [0.5, 0.6) is 0 Å². The molecular weight excluding hydrogens is 310 g/mol. The normalized spacial score (nSPS) is 32.6. The molecule has 0 spiro atoms. The zero-order valence-electron chi connectivity index (χ0n) is 15.8. The third-order valence-corrected chi connectivity index (χ3v) is 5.92. The number of hydrogen-bond acceptors (Lipinski definition) is 3. The van der Waals surface area contributed by atoms with Crippen molar-refractivity contribution in [2.75, 3.05) is 6.54 Å². The zero-order valence-corrected chi connectivity index (χ0v) is 15.8. The molecule has 2 saturated carbocycles. The van der Waals surface area contributed by atoms with Crippen LogP contribution >= 0.6 is 0 Å².